The Labute approximate surface area is 170 Å². The normalized spacial score (nSPS) is 16.0. The number of carbonyl (C=O) groups is 1. The van der Waals surface area contributed by atoms with Crippen LogP contribution in [0.3, 0.4) is 0 Å². The number of halogens is 1. The van der Waals surface area contributed by atoms with Crippen molar-refractivity contribution in [3.63, 3.8) is 0 Å². The molecule has 148 valence electrons. The van der Waals surface area contributed by atoms with Crippen molar-refractivity contribution in [1.82, 2.24) is 14.9 Å². The van der Waals surface area contributed by atoms with E-state index in [2.05, 4.69) is 15.6 Å². The molecule has 1 aromatic heterocycles. The lowest BCUT2D eigenvalue weighted by atomic mass is 10.0. The second-order valence-corrected chi connectivity index (χ2v) is 6.88. The van der Waals surface area contributed by atoms with E-state index in [0.717, 1.165) is 48.4 Å². The van der Waals surface area contributed by atoms with Crippen molar-refractivity contribution in [2.45, 2.75) is 19.3 Å². The third-order valence-electron chi connectivity index (χ3n) is 5.08. The highest BCUT2D eigenvalue weighted by Gasteiger charge is 2.19. The zero-order valence-corrected chi connectivity index (χ0v) is 16.7. The van der Waals surface area contributed by atoms with Gasteiger partial charge in [0.2, 0.25) is 11.9 Å². The quantitative estimate of drug-likeness (QED) is 0.660. The maximum atomic E-state index is 12.6. The van der Waals surface area contributed by atoms with Crippen molar-refractivity contribution in [2.75, 3.05) is 25.5 Å². The van der Waals surface area contributed by atoms with Gasteiger partial charge in [-0.1, -0.05) is 24.3 Å². The van der Waals surface area contributed by atoms with Crippen LogP contribution in [0.2, 0.25) is 0 Å². The van der Waals surface area contributed by atoms with E-state index in [0.29, 0.717) is 18.3 Å². The fourth-order valence-electron chi connectivity index (χ4n) is 3.65. The van der Waals surface area contributed by atoms with Gasteiger partial charge in [-0.25, -0.2) is 4.98 Å². The van der Waals surface area contributed by atoms with Gasteiger partial charge < -0.3 is 10.1 Å². The molecule has 4 rings (SSSR count). The first kappa shape index (κ1) is 20.2. The molecule has 1 atom stereocenters. The van der Waals surface area contributed by atoms with Crippen LogP contribution < -0.4 is 15.4 Å². The molecule has 7 heteroatoms. The van der Waals surface area contributed by atoms with E-state index in [1.807, 2.05) is 53.1 Å². The van der Waals surface area contributed by atoms with Gasteiger partial charge in [0.05, 0.1) is 23.8 Å². The number of anilines is 1. The predicted molar refractivity (Wildman–Crippen MR) is 114 cm³/mol. The zero-order valence-electron chi connectivity index (χ0n) is 15.9. The van der Waals surface area contributed by atoms with Gasteiger partial charge in [-0.2, -0.15) is 0 Å². The maximum absolute atomic E-state index is 12.6. The fraction of sp³-hybridized carbons (Fsp3) is 0.333. The number of para-hydroxylation sites is 4. The summed E-state index contributed by atoms with van der Waals surface area (Å²) in [7, 11) is 1.64. The zero-order chi connectivity index (χ0) is 18.6. The molecule has 1 aliphatic rings. The first-order chi connectivity index (χ1) is 13.3. The fourth-order valence-corrected chi connectivity index (χ4v) is 3.65. The van der Waals surface area contributed by atoms with Gasteiger partial charge in [0.1, 0.15) is 5.75 Å². The lowest BCUT2D eigenvalue weighted by Gasteiger charge is -2.14. The molecule has 3 aromatic rings. The highest BCUT2D eigenvalue weighted by Crippen LogP contribution is 2.30. The lowest BCUT2D eigenvalue weighted by Crippen LogP contribution is -2.17. The van der Waals surface area contributed by atoms with Gasteiger partial charge in [0, 0.05) is 6.42 Å². The van der Waals surface area contributed by atoms with Crippen LogP contribution in [0.1, 0.15) is 19.3 Å². The van der Waals surface area contributed by atoms with Gasteiger partial charge in [0.15, 0.2) is 0 Å². The molecule has 6 nitrogen and oxygen atoms in total. The molecule has 0 radical (unpaired) electrons. The summed E-state index contributed by atoms with van der Waals surface area (Å²) >= 11 is 0. The van der Waals surface area contributed by atoms with E-state index in [1.54, 1.807) is 7.11 Å². The molecule has 0 bridgehead atoms. The summed E-state index contributed by atoms with van der Waals surface area (Å²) < 4.78 is 7.47. The molecule has 0 spiro atoms. The average Bonchev–Trinajstić information content (AvgIpc) is 3.33. The summed E-state index contributed by atoms with van der Waals surface area (Å²) in [5.74, 6) is 1.83. The number of rotatable bonds is 6. The molecular formula is C21H25ClN4O2. The van der Waals surface area contributed by atoms with Gasteiger partial charge in [-0.15, -0.1) is 12.4 Å². The van der Waals surface area contributed by atoms with Crippen LogP contribution in [0.25, 0.3) is 16.7 Å². The monoisotopic (exact) mass is 400 g/mol. The Morgan fingerprint density at radius 3 is 2.82 bits per heavy atom. The highest BCUT2D eigenvalue weighted by atomic mass is 35.5. The van der Waals surface area contributed by atoms with Crippen LogP contribution in [0.5, 0.6) is 5.75 Å². The second kappa shape index (κ2) is 9.08. The Bertz CT molecular complexity index is 950. The third-order valence-corrected chi connectivity index (χ3v) is 5.08. The Balaban J connectivity index is 0.00000225. The smallest absolute Gasteiger partial charge is 0.226 e. The molecule has 1 amide bonds. The number of methoxy groups -OCH3 is 1. The Morgan fingerprint density at radius 2 is 2.04 bits per heavy atom. The minimum Gasteiger partial charge on any atom is -0.495 e. The first-order valence-corrected chi connectivity index (χ1v) is 9.37. The van der Waals surface area contributed by atoms with Crippen molar-refractivity contribution in [1.29, 1.82) is 0 Å². The van der Waals surface area contributed by atoms with Crippen LogP contribution in [-0.4, -0.2) is 35.7 Å². The largest absolute Gasteiger partial charge is 0.495 e. The van der Waals surface area contributed by atoms with Crippen molar-refractivity contribution in [2.24, 2.45) is 5.92 Å². The minimum absolute atomic E-state index is 0. The van der Waals surface area contributed by atoms with E-state index >= 15 is 0 Å². The second-order valence-electron chi connectivity index (χ2n) is 6.88. The van der Waals surface area contributed by atoms with Crippen LogP contribution in [-0.2, 0) is 4.79 Å². The van der Waals surface area contributed by atoms with Crippen LogP contribution in [0.4, 0.5) is 5.95 Å². The summed E-state index contributed by atoms with van der Waals surface area (Å²) in [6.45, 7) is 2.06. The van der Waals surface area contributed by atoms with E-state index in [9.17, 15) is 4.79 Å². The number of ether oxygens (including phenoxy) is 1. The minimum atomic E-state index is -0.00615. The highest BCUT2D eigenvalue weighted by molar-refractivity contribution is 5.92. The van der Waals surface area contributed by atoms with Crippen molar-refractivity contribution < 1.29 is 9.53 Å². The van der Waals surface area contributed by atoms with Gasteiger partial charge >= 0.3 is 0 Å². The topological polar surface area (TPSA) is 68.2 Å². The molecule has 28 heavy (non-hydrogen) atoms. The van der Waals surface area contributed by atoms with Crippen LogP contribution in [0.15, 0.2) is 48.5 Å². The third kappa shape index (κ3) is 4.13. The predicted octanol–water partition coefficient (Wildman–Crippen LogP) is 3.78. The summed E-state index contributed by atoms with van der Waals surface area (Å²) in [5.41, 5.74) is 2.61. The SMILES string of the molecule is COc1ccccc1-n1c(NC(=O)CCC2CCNC2)nc2ccccc21.Cl. The molecule has 2 aromatic carbocycles. The van der Waals surface area contributed by atoms with E-state index in [1.165, 1.54) is 0 Å². The molecule has 1 aliphatic heterocycles. The van der Waals surface area contributed by atoms with Crippen LogP contribution in [0, 0.1) is 5.92 Å². The number of benzene rings is 2. The molecule has 2 heterocycles. The van der Waals surface area contributed by atoms with Crippen molar-refractivity contribution in [3.05, 3.63) is 48.5 Å². The number of hydrogen-bond acceptors (Lipinski definition) is 4. The molecule has 0 aliphatic carbocycles. The summed E-state index contributed by atoms with van der Waals surface area (Å²) in [4.78, 5) is 17.2. The Hall–Kier alpha value is -2.57. The number of fused-ring (bicyclic) bond motifs is 1. The average molecular weight is 401 g/mol. The van der Waals surface area contributed by atoms with Gasteiger partial charge in [0.25, 0.3) is 0 Å². The maximum Gasteiger partial charge on any atom is 0.226 e. The number of aromatic nitrogens is 2. The van der Waals surface area contributed by atoms with Crippen molar-refractivity contribution in [3.8, 4) is 11.4 Å². The number of nitrogens with one attached hydrogen (secondary N) is 2. The molecular weight excluding hydrogens is 376 g/mol. The number of hydrogen-bond donors (Lipinski definition) is 2. The lowest BCUT2D eigenvalue weighted by molar-refractivity contribution is -0.116. The van der Waals surface area contributed by atoms with E-state index in [-0.39, 0.29) is 18.3 Å². The first-order valence-electron chi connectivity index (χ1n) is 9.37. The van der Waals surface area contributed by atoms with Gasteiger partial charge in [-0.3, -0.25) is 14.7 Å². The summed E-state index contributed by atoms with van der Waals surface area (Å²) in [6.07, 6.45) is 2.54. The van der Waals surface area contributed by atoms with Crippen molar-refractivity contribution >= 4 is 35.3 Å². The van der Waals surface area contributed by atoms with E-state index in [4.69, 9.17) is 4.74 Å². The molecule has 1 unspecified atom stereocenters. The number of imidazole rings is 1. The molecule has 1 saturated heterocycles. The molecule has 2 N–H and O–H groups in total. The Kier molecular flexibility index (Phi) is 6.54. The summed E-state index contributed by atoms with van der Waals surface area (Å²) in [5, 5.41) is 6.36. The number of amides is 1. The van der Waals surface area contributed by atoms with Crippen LogP contribution >= 0.6 is 12.4 Å². The Morgan fingerprint density at radius 1 is 1.25 bits per heavy atom. The number of nitrogens with zero attached hydrogens (tertiary/aromatic N) is 2. The van der Waals surface area contributed by atoms with Gasteiger partial charge in [-0.05, 0) is 56.1 Å². The molecule has 0 saturated carbocycles. The van der Waals surface area contributed by atoms with E-state index < -0.39 is 0 Å². The summed E-state index contributed by atoms with van der Waals surface area (Å²) in [6, 6.07) is 15.6. The number of carbonyl (C=O) groups excluding carboxylic acids is 1. The molecule has 1 fully saturated rings. The standard InChI is InChI=1S/C21H24N4O2.ClH/c1-27-19-9-5-4-8-18(19)25-17-7-3-2-6-16(17)23-21(25)24-20(26)11-10-15-12-13-22-14-15;/h2-9,15,22H,10-14H2,1H3,(H,23,24,26);1H.